The molecule has 0 radical (unpaired) electrons. The number of anilines is 1. The molecule has 1 aromatic carbocycles. The summed E-state index contributed by atoms with van der Waals surface area (Å²) in [5.41, 5.74) is 6.80. The standard InChI is InChI=1S/C15H15N3O2S/c16-15(21)11-4-6-12(7-5-11)17-13(19)8-10-18-9-2-1-3-14(18)20/h1-7,9H,8,10H2,(H2,16,21)(H,17,19). The molecule has 5 nitrogen and oxygen atoms in total. The van der Waals surface area contributed by atoms with Crippen molar-refractivity contribution in [1.82, 2.24) is 4.57 Å². The second-order valence-electron chi connectivity index (χ2n) is 4.47. The summed E-state index contributed by atoms with van der Waals surface area (Å²) in [6, 6.07) is 11.9. The Hall–Kier alpha value is -2.47. The Kier molecular flexibility index (Phi) is 4.84. The van der Waals surface area contributed by atoms with E-state index in [1.165, 1.54) is 10.6 Å². The Morgan fingerprint density at radius 1 is 1.19 bits per heavy atom. The Balaban J connectivity index is 1.91. The van der Waals surface area contributed by atoms with Crippen LogP contribution in [0.25, 0.3) is 0 Å². The number of carbonyl (C=O) groups is 1. The van der Waals surface area contributed by atoms with Gasteiger partial charge in [0.1, 0.15) is 4.99 Å². The van der Waals surface area contributed by atoms with E-state index in [4.69, 9.17) is 18.0 Å². The second-order valence-corrected chi connectivity index (χ2v) is 4.91. The van der Waals surface area contributed by atoms with Crippen LogP contribution in [0.5, 0.6) is 0 Å². The highest BCUT2D eigenvalue weighted by Gasteiger charge is 2.04. The van der Waals surface area contributed by atoms with Crippen molar-refractivity contribution in [3.05, 3.63) is 64.6 Å². The number of rotatable bonds is 5. The summed E-state index contributed by atoms with van der Waals surface area (Å²) in [4.78, 5) is 23.7. The summed E-state index contributed by atoms with van der Waals surface area (Å²) >= 11 is 4.86. The smallest absolute Gasteiger partial charge is 0.250 e. The molecule has 21 heavy (non-hydrogen) atoms. The number of carbonyl (C=O) groups excluding carboxylic acids is 1. The molecule has 0 saturated heterocycles. The molecule has 0 fully saturated rings. The van der Waals surface area contributed by atoms with Gasteiger partial charge in [-0.3, -0.25) is 9.59 Å². The SMILES string of the molecule is NC(=S)c1ccc(NC(=O)CCn2ccccc2=O)cc1. The highest BCUT2D eigenvalue weighted by Crippen LogP contribution is 2.10. The third kappa shape index (κ3) is 4.25. The highest BCUT2D eigenvalue weighted by atomic mass is 32.1. The maximum atomic E-state index is 11.8. The van der Waals surface area contributed by atoms with Gasteiger partial charge in [-0.1, -0.05) is 18.3 Å². The van der Waals surface area contributed by atoms with Crippen LogP contribution in [-0.2, 0) is 11.3 Å². The highest BCUT2D eigenvalue weighted by molar-refractivity contribution is 7.80. The Morgan fingerprint density at radius 2 is 1.90 bits per heavy atom. The number of nitrogens with one attached hydrogen (secondary N) is 1. The molecule has 0 aliphatic heterocycles. The fraction of sp³-hybridized carbons (Fsp3) is 0.133. The number of benzene rings is 1. The first-order valence-electron chi connectivity index (χ1n) is 6.41. The molecular weight excluding hydrogens is 286 g/mol. The monoisotopic (exact) mass is 301 g/mol. The van der Waals surface area contributed by atoms with Crippen LogP contribution in [0.4, 0.5) is 5.69 Å². The van der Waals surface area contributed by atoms with E-state index in [2.05, 4.69) is 5.32 Å². The largest absolute Gasteiger partial charge is 0.389 e. The van der Waals surface area contributed by atoms with Crippen molar-refractivity contribution in [2.45, 2.75) is 13.0 Å². The lowest BCUT2D eigenvalue weighted by atomic mass is 10.2. The van der Waals surface area contributed by atoms with Gasteiger partial charge in [0.05, 0.1) is 0 Å². The fourth-order valence-corrected chi connectivity index (χ4v) is 1.94. The van der Waals surface area contributed by atoms with Gasteiger partial charge in [0, 0.05) is 36.5 Å². The van der Waals surface area contributed by atoms with E-state index in [0.717, 1.165) is 5.56 Å². The molecule has 1 amide bonds. The van der Waals surface area contributed by atoms with Crippen molar-refractivity contribution < 1.29 is 4.79 Å². The minimum absolute atomic E-state index is 0.119. The molecule has 0 atom stereocenters. The van der Waals surface area contributed by atoms with Crippen molar-refractivity contribution in [1.29, 1.82) is 0 Å². The summed E-state index contributed by atoms with van der Waals surface area (Å²) in [6.45, 7) is 0.344. The summed E-state index contributed by atoms with van der Waals surface area (Å²) < 4.78 is 1.50. The Bertz CT molecular complexity index is 707. The maximum Gasteiger partial charge on any atom is 0.250 e. The normalized spacial score (nSPS) is 10.1. The Labute approximate surface area is 127 Å². The number of pyridine rings is 1. The lowest BCUT2D eigenvalue weighted by molar-refractivity contribution is -0.116. The minimum Gasteiger partial charge on any atom is -0.389 e. The van der Waals surface area contributed by atoms with Crippen LogP contribution >= 0.6 is 12.2 Å². The average Bonchev–Trinajstić information content (AvgIpc) is 2.47. The van der Waals surface area contributed by atoms with Gasteiger partial charge in [0.25, 0.3) is 5.56 Å². The lowest BCUT2D eigenvalue weighted by Gasteiger charge is -2.07. The third-order valence-electron chi connectivity index (χ3n) is 2.93. The Morgan fingerprint density at radius 3 is 2.52 bits per heavy atom. The second kappa shape index (κ2) is 6.81. The number of hydrogen-bond acceptors (Lipinski definition) is 3. The number of aryl methyl sites for hydroxylation is 1. The van der Waals surface area contributed by atoms with E-state index < -0.39 is 0 Å². The predicted molar refractivity (Wildman–Crippen MR) is 86.3 cm³/mol. The van der Waals surface area contributed by atoms with Crippen LogP contribution in [0.2, 0.25) is 0 Å². The molecule has 0 aliphatic carbocycles. The van der Waals surface area contributed by atoms with Crippen LogP contribution in [0.15, 0.2) is 53.5 Å². The fourth-order valence-electron chi connectivity index (χ4n) is 1.81. The van der Waals surface area contributed by atoms with Crippen LogP contribution in [-0.4, -0.2) is 15.5 Å². The van der Waals surface area contributed by atoms with E-state index in [1.54, 1.807) is 42.6 Å². The summed E-state index contributed by atoms with van der Waals surface area (Å²) in [6.07, 6.45) is 1.88. The summed E-state index contributed by atoms with van der Waals surface area (Å²) in [7, 11) is 0. The zero-order chi connectivity index (χ0) is 15.2. The maximum absolute atomic E-state index is 11.8. The third-order valence-corrected chi connectivity index (χ3v) is 3.17. The van der Waals surface area contributed by atoms with Gasteiger partial charge in [-0.05, 0) is 30.3 Å². The van der Waals surface area contributed by atoms with Crippen LogP contribution < -0.4 is 16.6 Å². The number of aromatic nitrogens is 1. The molecule has 1 aromatic heterocycles. The van der Waals surface area contributed by atoms with Crippen molar-refractivity contribution in [3.63, 3.8) is 0 Å². The van der Waals surface area contributed by atoms with Gasteiger partial charge in [-0.15, -0.1) is 0 Å². The van der Waals surface area contributed by atoms with Crippen molar-refractivity contribution in [2.75, 3.05) is 5.32 Å². The number of hydrogen-bond donors (Lipinski definition) is 2. The van der Waals surface area contributed by atoms with E-state index in [9.17, 15) is 9.59 Å². The molecule has 2 rings (SSSR count). The summed E-state index contributed by atoms with van der Waals surface area (Å²) in [5, 5.41) is 2.76. The first-order chi connectivity index (χ1) is 10.1. The summed E-state index contributed by atoms with van der Waals surface area (Å²) in [5.74, 6) is -0.158. The van der Waals surface area contributed by atoms with Crippen LogP contribution in [0.3, 0.4) is 0 Å². The van der Waals surface area contributed by atoms with Crippen molar-refractivity contribution in [3.8, 4) is 0 Å². The molecule has 0 aliphatic rings. The predicted octanol–water partition coefficient (Wildman–Crippen LogP) is 1.51. The first kappa shape index (κ1) is 14.9. The molecule has 3 N–H and O–H groups in total. The van der Waals surface area contributed by atoms with Gasteiger partial charge in [-0.2, -0.15) is 0 Å². The molecule has 1 heterocycles. The molecule has 0 bridgehead atoms. The van der Waals surface area contributed by atoms with E-state index in [1.807, 2.05) is 0 Å². The zero-order valence-electron chi connectivity index (χ0n) is 11.3. The molecule has 0 unspecified atom stereocenters. The topological polar surface area (TPSA) is 77.1 Å². The van der Waals surface area contributed by atoms with Crippen molar-refractivity contribution >= 4 is 28.8 Å². The minimum atomic E-state index is -0.158. The molecule has 0 spiro atoms. The van der Waals surface area contributed by atoms with Gasteiger partial charge in [-0.25, -0.2) is 0 Å². The van der Waals surface area contributed by atoms with E-state index in [-0.39, 0.29) is 17.9 Å². The first-order valence-corrected chi connectivity index (χ1v) is 6.82. The average molecular weight is 301 g/mol. The lowest BCUT2D eigenvalue weighted by Crippen LogP contribution is -2.21. The van der Waals surface area contributed by atoms with Crippen molar-refractivity contribution in [2.24, 2.45) is 5.73 Å². The van der Waals surface area contributed by atoms with E-state index in [0.29, 0.717) is 17.2 Å². The zero-order valence-corrected chi connectivity index (χ0v) is 12.1. The van der Waals surface area contributed by atoms with Crippen LogP contribution in [0.1, 0.15) is 12.0 Å². The molecule has 108 valence electrons. The number of amides is 1. The van der Waals surface area contributed by atoms with Crippen LogP contribution in [0, 0.1) is 0 Å². The number of thiocarbonyl (C=S) groups is 1. The quantitative estimate of drug-likeness (QED) is 0.821. The van der Waals surface area contributed by atoms with Gasteiger partial charge in [0.15, 0.2) is 0 Å². The number of nitrogens with zero attached hydrogens (tertiary/aromatic N) is 1. The van der Waals surface area contributed by atoms with Gasteiger partial charge < -0.3 is 15.6 Å². The van der Waals surface area contributed by atoms with Gasteiger partial charge >= 0.3 is 0 Å². The van der Waals surface area contributed by atoms with E-state index >= 15 is 0 Å². The molecular formula is C15H15N3O2S. The van der Waals surface area contributed by atoms with Gasteiger partial charge in [0.2, 0.25) is 5.91 Å². The molecule has 6 heteroatoms. The molecule has 2 aromatic rings. The number of nitrogens with two attached hydrogens (primary N) is 1. The molecule has 0 saturated carbocycles.